The van der Waals surface area contributed by atoms with Crippen LogP contribution >= 0.6 is 0 Å². The molecule has 2 aromatic heterocycles. The number of nitrogens with zero attached hydrogens (tertiary/aromatic N) is 4. The second-order valence-electron chi connectivity index (χ2n) is 7.05. The first kappa shape index (κ1) is 20.6. The number of amides is 1. The van der Waals surface area contributed by atoms with Crippen LogP contribution in [0.1, 0.15) is 18.9 Å². The lowest BCUT2D eigenvalue weighted by molar-refractivity contribution is -0.191. The number of aromatic nitrogens is 3. The Morgan fingerprint density at radius 3 is 2.61 bits per heavy atom. The molecule has 4 rings (SSSR count). The average Bonchev–Trinajstić information content (AvgIpc) is 3.35. The van der Waals surface area contributed by atoms with Gasteiger partial charge in [-0.1, -0.05) is 37.8 Å². The van der Waals surface area contributed by atoms with Crippen LogP contribution in [0.5, 0.6) is 0 Å². The molecule has 1 aromatic carbocycles. The van der Waals surface area contributed by atoms with Gasteiger partial charge in [-0.2, -0.15) is 18.3 Å². The maximum Gasteiger partial charge on any atom is 0.427 e. The average molecular weight is 429 g/mol. The van der Waals surface area contributed by atoms with E-state index in [2.05, 4.69) is 21.4 Å². The van der Waals surface area contributed by atoms with Crippen molar-refractivity contribution in [2.24, 2.45) is 0 Å². The summed E-state index contributed by atoms with van der Waals surface area (Å²) in [5, 5.41) is 12.4. The summed E-state index contributed by atoms with van der Waals surface area (Å²) in [6.45, 7) is 5.15. The van der Waals surface area contributed by atoms with Gasteiger partial charge in [-0.15, -0.1) is 0 Å². The minimum Gasteiger partial charge on any atom is -0.434 e. The number of alkyl halides is 3. The van der Waals surface area contributed by atoms with Gasteiger partial charge in [0.15, 0.2) is 5.65 Å². The van der Waals surface area contributed by atoms with Crippen molar-refractivity contribution < 1.29 is 22.7 Å². The molecule has 0 bridgehead atoms. The van der Waals surface area contributed by atoms with E-state index in [4.69, 9.17) is 5.41 Å². The Hall–Kier alpha value is -3.69. The minimum absolute atomic E-state index is 0.0450. The van der Waals surface area contributed by atoms with Gasteiger partial charge >= 0.3 is 12.3 Å². The van der Waals surface area contributed by atoms with Crippen molar-refractivity contribution in [3.05, 3.63) is 60.4 Å². The van der Waals surface area contributed by atoms with Crippen molar-refractivity contribution in [1.82, 2.24) is 14.6 Å². The monoisotopic (exact) mass is 429 g/mol. The number of allylic oxidation sites excluding steroid dienone is 1. The third-order valence-electron chi connectivity index (χ3n) is 5.07. The molecule has 1 saturated heterocycles. The molecule has 1 N–H and O–H groups in total. The molecule has 160 valence electrons. The van der Waals surface area contributed by atoms with Crippen LogP contribution in [-0.4, -0.2) is 45.2 Å². The molecule has 1 fully saturated rings. The Balaban J connectivity index is 1.66. The number of carbonyl (C=O) groups excluding carboxylic acids is 1. The highest BCUT2D eigenvalue weighted by Gasteiger charge is 2.50. The first-order valence-electron chi connectivity index (χ1n) is 9.45. The van der Waals surface area contributed by atoms with Crippen LogP contribution in [-0.2, 0) is 4.74 Å². The molecular formula is C21H18F3N5O2. The molecule has 7 nitrogen and oxygen atoms in total. The number of hydrogen-bond acceptors (Lipinski definition) is 5. The number of ether oxygens (including phenoxy) is 1. The van der Waals surface area contributed by atoms with Gasteiger partial charge in [0.1, 0.15) is 5.82 Å². The Labute approximate surface area is 175 Å². The molecule has 3 aromatic rings. The van der Waals surface area contributed by atoms with Crippen molar-refractivity contribution in [3.8, 4) is 11.1 Å². The van der Waals surface area contributed by atoms with E-state index in [1.54, 1.807) is 18.3 Å². The molecule has 0 spiro atoms. The maximum absolute atomic E-state index is 12.9. The first-order valence-corrected chi connectivity index (χ1v) is 9.45. The third kappa shape index (κ3) is 3.76. The largest absolute Gasteiger partial charge is 0.434 e. The zero-order chi connectivity index (χ0) is 22.3. The predicted octanol–water partition coefficient (Wildman–Crippen LogP) is 4.62. The number of nitrogens with one attached hydrogen (secondary N) is 1. The van der Waals surface area contributed by atoms with E-state index in [1.165, 1.54) is 16.8 Å². The minimum atomic E-state index is -4.64. The quantitative estimate of drug-likeness (QED) is 0.600. The Kier molecular flexibility index (Phi) is 5.00. The van der Waals surface area contributed by atoms with E-state index >= 15 is 0 Å². The molecule has 1 aliphatic rings. The number of carbonyl (C=O) groups is 1. The van der Waals surface area contributed by atoms with Crippen molar-refractivity contribution in [2.45, 2.75) is 25.6 Å². The van der Waals surface area contributed by atoms with Crippen LogP contribution in [0.25, 0.3) is 16.8 Å². The zero-order valence-corrected chi connectivity index (χ0v) is 16.5. The molecule has 10 heteroatoms. The SMILES string of the molecule is C=C(CC)C(=N)c1ccc(-c2cnn3ccc(N4CC(C(F)(F)F)OC4=O)nc23)cc1. The summed E-state index contributed by atoms with van der Waals surface area (Å²) >= 11 is 0. The Bertz CT molecular complexity index is 1180. The van der Waals surface area contributed by atoms with Gasteiger partial charge in [-0.05, 0) is 29.2 Å². The third-order valence-corrected chi connectivity index (χ3v) is 5.07. The fraction of sp³-hybridized carbons (Fsp3) is 0.238. The lowest BCUT2D eigenvalue weighted by atomic mass is 9.99. The summed E-state index contributed by atoms with van der Waals surface area (Å²) in [5.41, 5.74) is 3.58. The van der Waals surface area contributed by atoms with E-state index < -0.39 is 24.9 Å². The number of fused-ring (bicyclic) bond motifs is 1. The molecule has 1 unspecified atom stereocenters. The smallest absolute Gasteiger partial charge is 0.427 e. The number of cyclic esters (lactones) is 1. The number of benzene rings is 1. The Morgan fingerprint density at radius 2 is 2.00 bits per heavy atom. The molecule has 1 atom stereocenters. The fourth-order valence-electron chi connectivity index (χ4n) is 3.23. The highest BCUT2D eigenvalue weighted by molar-refractivity contribution is 6.10. The van der Waals surface area contributed by atoms with Gasteiger partial charge in [0.05, 0.1) is 18.5 Å². The molecule has 1 amide bonds. The van der Waals surface area contributed by atoms with E-state index in [1.807, 2.05) is 19.1 Å². The second-order valence-corrected chi connectivity index (χ2v) is 7.05. The molecule has 0 saturated carbocycles. The van der Waals surface area contributed by atoms with E-state index in [-0.39, 0.29) is 5.82 Å². The standard InChI is InChI=1S/C21H18F3N5O2/c1-3-12(2)18(25)14-6-4-13(5-7-14)15-10-26-29-9-8-17(27-19(15)29)28-11-16(21(22,23)24)31-20(28)30/h4-10,16,25H,2-3,11H2,1H3. The summed E-state index contributed by atoms with van der Waals surface area (Å²) in [4.78, 5) is 17.2. The topological polar surface area (TPSA) is 83.6 Å². The van der Waals surface area contributed by atoms with Crippen LogP contribution < -0.4 is 4.90 Å². The Morgan fingerprint density at radius 1 is 1.29 bits per heavy atom. The summed E-state index contributed by atoms with van der Waals surface area (Å²) in [6.07, 6.45) is -4.16. The molecule has 0 aliphatic carbocycles. The molecule has 1 aliphatic heterocycles. The van der Waals surface area contributed by atoms with E-state index in [0.29, 0.717) is 23.3 Å². The maximum atomic E-state index is 12.9. The van der Waals surface area contributed by atoms with Crippen LogP contribution in [0.4, 0.5) is 23.8 Å². The lowest BCUT2D eigenvalue weighted by Gasteiger charge is -2.13. The zero-order valence-electron chi connectivity index (χ0n) is 16.5. The number of halogens is 3. The van der Waals surface area contributed by atoms with Crippen LogP contribution in [0.15, 0.2) is 54.9 Å². The predicted molar refractivity (Wildman–Crippen MR) is 108 cm³/mol. The van der Waals surface area contributed by atoms with E-state index in [0.717, 1.165) is 21.6 Å². The van der Waals surface area contributed by atoms with Crippen molar-refractivity contribution in [1.29, 1.82) is 5.41 Å². The van der Waals surface area contributed by atoms with Gasteiger partial charge in [-0.25, -0.2) is 14.3 Å². The van der Waals surface area contributed by atoms with Crippen molar-refractivity contribution in [2.75, 3.05) is 11.4 Å². The number of hydrogen-bond donors (Lipinski definition) is 1. The molecule has 3 heterocycles. The van der Waals surface area contributed by atoms with Crippen molar-refractivity contribution >= 4 is 23.3 Å². The van der Waals surface area contributed by atoms with E-state index in [9.17, 15) is 18.0 Å². The number of rotatable bonds is 5. The van der Waals surface area contributed by atoms with Gasteiger partial charge in [0.2, 0.25) is 6.10 Å². The normalized spacial score (nSPS) is 16.6. The summed E-state index contributed by atoms with van der Waals surface area (Å²) in [5.74, 6) is 0.0450. The molecule has 0 radical (unpaired) electrons. The van der Waals surface area contributed by atoms with Gasteiger partial charge < -0.3 is 10.1 Å². The van der Waals surface area contributed by atoms with Crippen LogP contribution in [0.2, 0.25) is 0 Å². The number of anilines is 1. The van der Waals surface area contributed by atoms with Crippen LogP contribution in [0, 0.1) is 5.41 Å². The highest BCUT2D eigenvalue weighted by atomic mass is 19.4. The van der Waals surface area contributed by atoms with Crippen LogP contribution in [0.3, 0.4) is 0 Å². The molecule has 31 heavy (non-hydrogen) atoms. The molecular weight excluding hydrogens is 411 g/mol. The second kappa shape index (κ2) is 7.53. The summed E-state index contributed by atoms with van der Waals surface area (Å²) in [6, 6.07) is 8.60. The van der Waals surface area contributed by atoms with Gasteiger partial charge in [0, 0.05) is 11.8 Å². The summed E-state index contributed by atoms with van der Waals surface area (Å²) in [7, 11) is 0. The fourth-order valence-corrected chi connectivity index (χ4v) is 3.23. The highest BCUT2D eigenvalue weighted by Crippen LogP contribution is 2.31. The van der Waals surface area contributed by atoms with Crippen molar-refractivity contribution in [3.63, 3.8) is 0 Å². The van der Waals surface area contributed by atoms with Gasteiger partial charge in [-0.3, -0.25) is 4.90 Å². The first-order chi connectivity index (χ1) is 14.7. The van der Waals surface area contributed by atoms with Gasteiger partial charge in [0.25, 0.3) is 0 Å². The summed E-state index contributed by atoms with van der Waals surface area (Å²) < 4.78 is 44.7. The lowest BCUT2D eigenvalue weighted by Crippen LogP contribution is -2.33.